The van der Waals surface area contributed by atoms with Gasteiger partial charge < -0.3 is 10.3 Å². The maximum Gasteiger partial charge on any atom is 0.0994 e. The van der Waals surface area contributed by atoms with Crippen molar-refractivity contribution in [2.75, 3.05) is 0 Å². The minimum absolute atomic E-state index is 0.475. The molecule has 0 radical (unpaired) electrons. The Morgan fingerprint density at radius 2 is 2.00 bits per heavy atom. The highest BCUT2D eigenvalue weighted by Gasteiger charge is 2.01. The summed E-state index contributed by atoms with van der Waals surface area (Å²) in [6.07, 6.45) is 3.50. The fraction of sp³-hybridized carbons (Fsp3) is 0.100. The summed E-state index contributed by atoms with van der Waals surface area (Å²) in [5.41, 5.74) is 7.58. The average molecular weight is 208 g/mol. The van der Waals surface area contributed by atoms with Crippen LogP contribution >= 0.6 is 11.6 Å². The Bertz CT molecular complexity index is 419. The molecular weight excluding hydrogens is 198 g/mol. The van der Waals surface area contributed by atoms with Gasteiger partial charge in [0.05, 0.1) is 12.0 Å². The van der Waals surface area contributed by atoms with Gasteiger partial charge >= 0.3 is 0 Å². The third-order valence-corrected chi connectivity index (χ3v) is 2.28. The molecular formula is C10H10ClN3. The van der Waals surface area contributed by atoms with Gasteiger partial charge in [0.25, 0.3) is 0 Å². The molecule has 0 saturated heterocycles. The Morgan fingerprint density at radius 3 is 2.64 bits per heavy atom. The summed E-state index contributed by atoms with van der Waals surface area (Å²) in [5.74, 6) is 0. The van der Waals surface area contributed by atoms with E-state index in [0.717, 1.165) is 16.4 Å². The largest absolute Gasteiger partial charge is 0.325 e. The number of hydrogen-bond acceptors (Lipinski definition) is 2. The van der Waals surface area contributed by atoms with Crippen LogP contribution in [0, 0.1) is 0 Å². The fourth-order valence-electron chi connectivity index (χ4n) is 1.31. The van der Waals surface area contributed by atoms with Crippen LogP contribution in [0.15, 0.2) is 36.8 Å². The number of nitrogens with two attached hydrogens (primary N) is 1. The number of aromatic nitrogens is 2. The molecule has 0 amide bonds. The predicted molar refractivity (Wildman–Crippen MR) is 56.5 cm³/mol. The minimum atomic E-state index is 0.475. The second kappa shape index (κ2) is 3.82. The second-order valence-electron chi connectivity index (χ2n) is 2.94. The topological polar surface area (TPSA) is 43.8 Å². The second-order valence-corrected chi connectivity index (χ2v) is 3.37. The molecule has 2 rings (SSSR count). The van der Waals surface area contributed by atoms with Gasteiger partial charge in [-0.3, -0.25) is 0 Å². The number of rotatable bonds is 2. The zero-order valence-electron chi connectivity index (χ0n) is 7.52. The van der Waals surface area contributed by atoms with Gasteiger partial charge in [-0.15, -0.1) is 0 Å². The van der Waals surface area contributed by atoms with Crippen LogP contribution in [-0.4, -0.2) is 9.55 Å². The molecule has 0 unspecified atom stereocenters. The molecule has 1 aromatic carbocycles. The van der Waals surface area contributed by atoms with Gasteiger partial charge in [0.2, 0.25) is 0 Å². The van der Waals surface area contributed by atoms with Crippen LogP contribution in [0.1, 0.15) is 5.69 Å². The maximum atomic E-state index is 5.80. The van der Waals surface area contributed by atoms with Crippen LogP contribution in [0.2, 0.25) is 5.02 Å². The third kappa shape index (κ3) is 1.64. The van der Waals surface area contributed by atoms with Crippen LogP contribution in [0.5, 0.6) is 0 Å². The van der Waals surface area contributed by atoms with Gasteiger partial charge in [-0.05, 0) is 24.3 Å². The summed E-state index contributed by atoms with van der Waals surface area (Å²) in [7, 11) is 0. The molecule has 1 heterocycles. The van der Waals surface area contributed by atoms with Gasteiger partial charge in [-0.2, -0.15) is 0 Å². The van der Waals surface area contributed by atoms with Crippen molar-refractivity contribution in [1.29, 1.82) is 0 Å². The molecule has 1 aromatic heterocycles. The SMILES string of the molecule is NCc1cncn1-c1ccc(Cl)cc1. The Kier molecular flexibility index (Phi) is 2.52. The van der Waals surface area contributed by atoms with E-state index in [9.17, 15) is 0 Å². The Labute approximate surface area is 87.1 Å². The molecule has 0 spiro atoms. The van der Waals surface area contributed by atoms with E-state index >= 15 is 0 Å². The first kappa shape index (κ1) is 9.24. The highest BCUT2D eigenvalue weighted by atomic mass is 35.5. The van der Waals surface area contributed by atoms with Crippen molar-refractivity contribution in [3.05, 3.63) is 47.5 Å². The lowest BCUT2D eigenvalue weighted by molar-refractivity contribution is 0.910. The predicted octanol–water partition coefficient (Wildman–Crippen LogP) is 1.98. The molecule has 4 heteroatoms. The molecule has 0 fully saturated rings. The molecule has 3 nitrogen and oxygen atoms in total. The molecule has 0 saturated carbocycles. The Morgan fingerprint density at radius 1 is 1.29 bits per heavy atom. The smallest absolute Gasteiger partial charge is 0.0994 e. The molecule has 2 N–H and O–H groups in total. The van der Waals surface area contributed by atoms with E-state index < -0.39 is 0 Å². The van der Waals surface area contributed by atoms with Crippen molar-refractivity contribution in [1.82, 2.24) is 9.55 Å². The first-order valence-electron chi connectivity index (χ1n) is 4.28. The number of imidazole rings is 1. The lowest BCUT2D eigenvalue weighted by Gasteiger charge is -2.05. The third-order valence-electron chi connectivity index (χ3n) is 2.03. The fourth-order valence-corrected chi connectivity index (χ4v) is 1.43. The van der Waals surface area contributed by atoms with Crippen LogP contribution in [0.4, 0.5) is 0 Å². The lowest BCUT2D eigenvalue weighted by atomic mass is 10.3. The highest BCUT2D eigenvalue weighted by Crippen LogP contribution is 2.14. The van der Waals surface area contributed by atoms with Crippen LogP contribution in [0.25, 0.3) is 5.69 Å². The lowest BCUT2D eigenvalue weighted by Crippen LogP contribution is -2.04. The molecule has 0 aliphatic rings. The Hall–Kier alpha value is -1.32. The summed E-state index contributed by atoms with van der Waals surface area (Å²) in [5, 5.41) is 0.725. The molecule has 2 aromatic rings. The number of hydrogen-bond donors (Lipinski definition) is 1. The molecule has 0 atom stereocenters. The summed E-state index contributed by atoms with van der Waals surface area (Å²) in [6.45, 7) is 0.475. The quantitative estimate of drug-likeness (QED) is 0.819. The highest BCUT2D eigenvalue weighted by molar-refractivity contribution is 6.30. The minimum Gasteiger partial charge on any atom is -0.325 e. The van der Waals surface area contributed by atoms with Crippen molar-refractivity contribution >= 4 is 11.6 Å². The van der Waals surface area contributed by atoms with Gasteiger partial charge in [0.1, 0.15) is 0 Å². The van der Waals surface area contributed by atoms with Crippen molar-refractivity contribution < 1.29 is 0 Å². The first-order chi connectivity index (χ1) is 6.81. The van der Waals surface area contributed by atoms with E-state index in [1.54, 1.807) is 12.5 Å². The van der Waals surface area contributed by atoms with Crippen LogP contribution in [0.3, 0.4) is 0 Å². The van der Waals surface area contributed by atoms with E-state index in [-0.39, 0.29) is 0 Å². The van der Waals surface area contributed by atoms with E-state index in [0.29, 0.717) is 6.54 Å². The van der Waals surface area contributed by atoms with E-state index in [1.807, 2.05) is 28.8 Å². The monoisotopic (exact) mass is 207 g/mol. The molecule has 0 aliphatic heterocycles. The first-order valence-corrected chi connectivity index (χ1v) is 4.66. The summed E-state index contributed by atoms with van der Waals surface area (Å²) >= 11 is 5.80. The average Bonchev–Trinajstić information content (AvgIpc) is 2.67. The maximum absolute atomic E-state index is 5.80. The molecule has 72 valence electrons. The number of nitrogens with zero attached hydrogens (tertiary/aromatic N) is 2. The van der Waals surface area contributed by atoms with E-state index in [2.05, 4.69) is 4.98 Å². The van der Waals surface area contributed by atoms with Gasteiger partial charge in [-0.1, -0.05) is 11.6 Å². The summed E-state index contributed by atoms with van der Waals surface area (Å²) < 4.78 is 1.94. The molecule has 0 bridgehead atoms. The molecule has 14 heavy (non-hydrogen) atoms. The van der Waals surface area contributed by atoms with Gasteiger partial charge in [0, 0.05) is 23.5 Å². The van der Waals surface area contributed by atoms with Crippen LogP contribution in [-0.2, 0) is 6.54 Å². The van der Waals surface area contributed by atoms with Crippen molar-refractivity contribution in [2.24, 2.45) is 5.73 Å². The van der Waals surface area contributed by atoms with Crippen LogP contribution < -0.4 is 5.73 Å². The standard InChI is InChI=1S/C10H10ClN3/c11-8-1-3-9(4-2-8)14-7-13-6-10(14)5-12/h1-4,6-7H,5,12H2. The van der Waals surface area contributed by atoms with Gasteiger partial charge in [-0.25, -0.2) is 4.98 Å². The zero-order valence-corrected chi connectivity index (χ0v) is 8.28. The van der Waals surface area contributed by atoms with Crippen molar-refractivity contribution in [3.63, 3.8) is 0 Å². The van der Waals surface area contributed by atoms with Gasteiger partial charge in [0.15, 0.2) is 0 Å². The summed E-state index contributed by atoms with van der Waals surface area (Å²) in [6, 6.07) is 7.56. The Balaban J connectivity index is 2.44. The normalized spacial score (nSPS) is 10.4. The van der Waals surface area contributed by atoms with E-state index in [4.69, 9.17) is 17.3 Å². The zero-order chi connectivity index (χ0) is 9.97. The number of benzene rings is 1. The number of halogens is 1. The van der Waals surface area contributed by atoms with Crippen molar-refractivity contribution in [2.45, 2.75) is 6.54 Å². The molecule has 0 aliphatic carbocycles. The summed E-state index contributed by atoms with van der Waals surface area (Å²) in [4.78, 5) is 4.04. The van der Waals surface area contributed by atoms with Crippen molar-refractivity contribution in [3.8, 4) is 5.69 Å². The van der Waals surface area contributed by atoms with E-state index in [1.165, 1.54) is 0 Å².